The Kier molecular flexibility index (Phi) is 5.56. The standard InChI is InChI=1S/C16H25N3O/c1-2-8-18-9-11-19(12-10-18)16(20)15(17)13-14-6-4-3-5-7-14/h3-7,15H,2,8-13,17H2,1H3/t15-/m0/s1. The van der Waals surface area contributed by atoms with E-state index in [4.69, 9.17) is 5.73 Å². The molecule has 0 spiro atoms. The Labute approximate surface area is 121 Å². The van der Waals surface area contributed by atoms with Crippen LogP contribution in [0.15, 0.2) is 30.3 Å². The Bertz CT molecular complexity index is 413. The quantitative estimate of drug-likeness (QED) is 0.876. The van der Waals surface area contributed by atoms with Crippen LogP contribution in [0.3, 0.4) is 0 Å². The number of piperazine rings is 1. The first-order valence-corrected chi connectivity index (χ1v) is 7.51. The second kappa shape index (κ2) is 7.41. The van der Waals surface area contributed by atoms with Crippen LogP contribution in [0.5, 0.6) is 0 Å². The summed E-state index contributed by atoms with van der Waals surface area (Å²) < 4.78 is 0. The predicted molar refractivity (Wildman–Crippen MR) is 81.4 cm³/mol. The Morgan fingerprint density at radius 2 is 1.85 bits per heavy atom. The number of nitrogens with zero attached hydrogens (tertiary/aromatic N) is 2. The van der Waals surface area contributed by atoms with Crippen molar-refractivity contribution < 1.29 is 4.79 Å². The number of hydrogen-bond acceptors (Lipinski definition) is 3. The van der Waals surface area contributed by atoms with Crippen molar-refractivity contribution in [3.05, 3.63) is 35.9 Å². The molecule has 0 radical (unpaired) electrons. The topological polar surface area (TPSA) is 49.6 Å². The summed E-state index contributed by atoms with van der Waals surface area (Å²) in [5.41, 5.74) is 7.19. The summed E-state index contributed by atoms with van der Waals surface area (Å²) in [6, 6.07) is 9.56. The first kappa shape index (κ1) is 15.0. The van der Waals surface area contributed by atoms with E-state index in [0.29, 0.717) is 6.42 Å². The van der Waals surface area contributed by atoms with Gasteiger partial charge < -0.3 is 10.6 Å². The molecule has 2 N–H and O–H groups in total. The fraction of sp³-hybridized carbons (Fsp3) is 0.562. The highest BCUT2D eigenvalue weighted by atomic mass is 16.2. The zero-order chi connectivity index (χ0) is 14.4. The molecule has 1 saturated heterocycles. The van der Waals surface area contributed by atoms with Crippen LogP contribution >= 0.6 is 0 Å². The van der Waals surface area contributed by atoms with Gasteiger partial charge in [0.05, 0.1) is 6.04 Å². The van der Waals surface area contributed by atoms with Crippen molar-refractivity contribution in [2.24, 2.45) is 5.73 Å². The third-order valence-corrected chi connectivity index (χ3v) is 3.84. The van der Waals surface area contributed by atoms with Crippen molar-refractivity contribution in [2.45, 2.75) is 25.8 Å². The average Bonchev–Trinajstić information content (AvgIpc) is 2.48. The summed E-state index contributed by atoms with van der Waals surface area (Å²) in [5.74, 6) is 0.0880. The number of hydrogen-bond donors (Lipinski definition) is 1. The van der Waals surface area contributed by atoms with Gasteiger partial charge in [-0.1, -0.05) is 37.3 Å². The number of carbonyl (C=O) groups excluding carboxylic acids is 1. The summed E-state index contributed by atoms with van der Waals surface area (Å²) >= 11 is 0. The highest BCUT2D eigenvalue weighted by Crippen LogP contribution is 2.07. The van der Waals surface area contributed by atoms with Gasteiger partial charge in [-0.05, 0) is 24.9 Å². The lowest BCUT2D eigenvalue weighted by atomic mass is 10.1. The van der Waals surface area contributed by atoms with E-state index in [-0.39, 0.29) is 5.91 Å². The molecular weight excluding hydrogens is 250 g/mol. The van der Waals surface area contributed by atoms with Crippen LogP contribution in [0.2, 0.25) is 0 Å². The van der Waals surface area contributed by atoms with Gasteiger partial charge in [0.15, 0.2) is 0 Å². The van der Waals surface area contributed by atoms with Crippen LogP contribution in [-0.4, -0.2) is 54.5 Å². The lowest BCUT2D eigenvalue weighted by Gasteiger charge is -2.35. The summed E-state index contributed by atoms with van der Waals surface area (Å²) in [5, 5.41) is 0. The van der Waals surface area contributed by atoms with E-state index >= 15 is 0 Å². The minimum Gasteiger partial charge on any atom is -0.339 e. The molecule has 1 amide bonds. The number of amides is 1. The second-order valence-corrected chi connectivity index (χ2v) is 5.46. The van der Waals surface area contributed by atoms with Crippen molar-refractivity contribution >= 4 is 5.91 Å². The molecule has 0 aromatic heterocycles. The maximum absolute atomic E-state index is 12.3. The van der Waals surface area contributed by atoms with Gasteiger partial charge in [0.25, 0.3) is 0 Å². The van der Waals surface area contributed by atoms with E-state index in [2.05, 4.69) is 11.8 Å². The van der Waals surface area contributed by atoms with E-state index in [1.807, 2.05) is 35.2 Å². The molecule has 0 bridgehead atoms. The maximum Gasteiger partial charge on any atom is 0.239 e. The molecule has 4 nitrogen and oxygen atoms in total. The zero-order valence-electron chi connectivity index (χ0n) is 12.3. The van der Waals surface area contributed by atoms with Gasteiger partial charge in [-0.3, -0.25) is 9.69 Å². The molecule has 1 aliphatic rings. The fourth-order valence-corrected chi connectivity index (χ4v) is 2.70. The lowest BCUT2D eigenvalue weighted by molar-refractivity contribution is -0.134. The molecule has 4 heteroatoms. The molecule has 2 rings (SSSR count). The van der Waals surface area contributed by atoms with Crippen molar-refractivity contribution in [3.63, 3.8) is 0 Å². The molecule has 0 saturated carbocycles. The van der Waals surface area contributed by atoms with Crippen molar-refractivity contribution in [3.8, 4) is 0 Å². The number of benzene rings is 1. The average molecular weight is 275 g/mol. The Morgan fingerprint density at radius 3 is 2.45 bits per heavy atom. The van der Waals surface area contributed by atoms with Gasteiger partial charge in [0, 0.05) is 26.2 Å². The molecule has 1 aliphatic heterocycles. The van der Waals surface area contributed by atoms with Gasteiger partial charge in [-0.2, -0.15) is 0 Å². The highest BCUT2D eigenvalue weighted by molar-refractivity contribution is 5.82. The number of rotatable bonds is 5. The summed E-state index contributed by atoms with van der Waals surface area (Å²) in [6.45, 7) is 6.86. The monoisotopic (exact) mass is 275 g/mol. The third kappa shape index (κ3) is 4.05. The smallest absolute Gasteiger partial charge is 0.239 e. The number of carbonyl (C=O) groups is 1. The summed E-state index contributed by atoms with van der Waals surface area (Å²) in [4.78, 5) is 16.7. The van der Waals surface area contributed by atoms with Crippen LogP contribution in [0, 0.1) is 0 Å². The van der Waals surface area contributed by atoms with Gasteiger partial charge in [0.2, 0.25) is 5.91 Å². The predicted octanol–water partition coefficient (Wildman–Crippen LogP) is 1.11. The van der Waals surface area contributed by atoms with Gasteiger partial charge in [-0.25, -0.2) is 0 Å². The molecule has 110 valence electrons. The fourth-order valence-electron chi connectivity index (χ4n) is 2.70. The molecule has 1 fully saturated rings. The Hall–Kier alpha value is -1.39. The minimum atomic E-state index is -0.421. The second-order valence-electron chi connectivity index (χ2n) is 5.46. The van der Waals surface area contributed by atoms with Crippen LogP contribution in [0.25, 0.3) is 0 Å². The molecule has 0 aliphatic carbocycles. The molecular formula is C16H25N3O. The normalized spacial score (nSPS) is 18.0. The summed E-state index contributed by atoms with van der Waals surface area (Å²) in [7, 11) is 0. The van der Waals surface area contributed by atoms with Crippen LogP contribution in [-0.2, 0) is 11.2 Å². The Balaban J connectivity index is 1.82. The largest absolute Gasteiger partial charge is 0.339 e. The lowest BCUT2D eigenvalue weighted by Crippen LogP contribution is -2.53. The van der Waals surface area contributed by atoms with E-state index in [9.17, 15) is 4.79 Å². The van der Waals surface area contributed by atoms with Gasteiger partial charge >= 0.3 is 0 Å². The minimum absolute atomic E-state index is 0.0880. The first-order chi connectivity index (χ1) is 9.70. The van der Waals surface area contributed by atoms with E-state index < -0.39 is 6.04 Å². The maximum atomic E-state index is 12.3. The molecule has 1 aromatic carbocycles. The highest BCUT2D eigenvalue weighted by Gasteiger charge is 2.24. The van der Waals surface area contributed by atoms with Crippen molar-refractivity contribution in [1.29, 1.82) is 0 Å². The van der Waals surface area contributed by atoms with E-state index in [1.165, 1.54) is 6.42 Å². The molecule has 0 unspecified atom stereocenters. The zero-order valence-corrected chi connectivity index (χ0v) is 12.3. The molecule has 1 atom stereocenters. The molecule has 20 heavy (non-hydrogen) atoms. The van der Waals surface area contributed by atoms with E-state index in [1.54, 1.807) is 0 Å². The van der Waals surface area contributed by atoms with Gasteiger partial charge in [0.1, 0.15) is 0 Å². The van der Waals surface area contributed by atoms with Crippen molar-refractivity contribution in [2.75, 3.05) is 32.7 Å². The molecule has 1 aromatic rings. The summed E-state index contributed by atoms with van der Waals surface area (Å²) in [6.07, 6.45) is 1.79. The van der Waals surface area contributed by atoms with Crippen LogP contribution in [0.4, 0.5) is 0 Å². The van der Waals surface area contributed by atoms with E-state index in [0.717, 1.165) is 38.3 Å². The SMILES string of the molecule is CCCN1CCN(C(=O)[C@@H](N)Cc2ccccc2)CC1. The van der Waals surface area contributed by atoms with Gasteiger partial charge in [-0.15, -0.1) is 0 Å². The molecule has 1 heterocycles. The van der Waals surface area contributed by atoms with Crippen LogP contribution in [0.1, 0.15) is 18.9 Å². The third-order valence-electron chi connectivity index (χ3n) is 3.84. The Morgan fingerprint density at radius 1 is 1.20 bits per heavy atom. The van der Waals surface area contributed by atoms with Crippen LogP contribution < -0.4 is 5.73 Å². The van der Waals surface area contributed by atoms with Crippen molar-refractivity contribution in [1.82, 2.24) is 9.80 Å². The number of nitrogens with two attached hydrogens (primary N) is 1. The first-order valence-electron chi connectivity index (χ1n) is 7.51.